The van der Waals surface area contributed by atoms with Crippen LogP contribution in [0.3, 0.4) is 0 Å². The molecule has 1 unspecified atom stereocenters. The van der Waals surface area contributed by atoms with Crippen molar-refractivity contribution < 1.29 is 4.79 Å². The summed E-state index contributed by atoms with van der Waals surface area (Å²) in [6, 6.07) is 4.04. The summed E-state index contributed by atoms with van der Waals surface area (Å²) < 4.78 is 0. The fourth-order valence-electron chi connectivity index (χ4n) is 2.34. The largest absolute Gasteiger partial charge is 0.342 e. The Balaban J connectivity index is 0.00000162. The van der Waals surface area contributed by atoms with E-state index in [4.69, 9.17) is 5.73 Å². The minimum Gasteiger partial charge on any atom is -0.342 e. The van der Waals surface area contributed by atoms with Crippen molar-refractivity contribution in [3.05, 3.63) is 22.4 Å². The van der Waals surface area contributed by atoms with E-state index in [0.717, 1.165) is 24.4 Å². The van der Waals surface area contributed by atoms with Crippen molar-refractivity contribution >= 4 is 29.7 Å². The zero-order valence-electron chi connectivity index (χ0n) is 10.9. The third kappa shape index (κ3) is 2.87. The van der Waals surface area contributed by atoms with Gasteiger partial charge in [0.25, 0.3) is 0 Å². The molecule has 0 aromatic carbocycles. The van der Waals surface area contributed by atoms with Crippen molar-refractivity contribution in [1.82, 2.24) is 4.90 Å². The SMILES string of the molecule is CC(C)(C(=O)N1CCC(CN)C1)c1cccs1.Cl. The molecular weight excluding hydrogens is 268 g/mol. The fraction of sp³-hybridized carbons (Fsp3) is 0.615. The number of nitrogens with zero attached hydrogens (tertiary/aromatic N) is 1. The lowest BCUT2D eigenvalue weighted by molar-refractivity contribution is -0.135. The Bertz CT molecular complexity index is 392. The second-order valence-corrected chi connectivity index (χ2v) is 6.19. The number of thiophene rings is 1. The molecule has 0 saturated carbocycles. The number of carbonyl (C=O) groups is 1. The average Bonchev–Trinajstić information content (AvgIpc) is 2.99. The zero-order chi connectivity index (χ0) is 12.5. The molecule has 1 atom stereocenters. The molecule has 0 aliphatic carbocycles. The van der Waals surface area contributed by atoms with Crippen LogP contribution >= 0.6 is 23.7 Å². The van der Waals surface area contributed by atoms with Gasteiger partial charge < -0.3 is 10.6 Å². The van der Waals surface area contributed by atoms with Crippen molar-refractivity contribution in [3.8, 4) is 0 Å². The Morgan fingerprint density at radius 2 is 2.33 bits per heavy atom. The van der Waals surface area contributed by atoms with E-state index in [0.29, 0.717) is 12.5 Å². The van der Waals surface area contributed by atoms with Gasteiger partial charge in [-0.1, -0.05) is 6.07 Å². The quantitative estimate of drug-likeness (QED) is 0.927. The van der Waals surface area contributed by atoms with Gasteiger partial charge in [0.1, 0.15) is 0 Å². The lowest BCUT2D eigenvalue weighted by atomic mass is 9.89. The first-order valence-electron chi connectivity index (χ1n) is 6.09. The van der Waals surface area contributed by atoms with E-state index in [9.17, 15) is 4.79 Å². The molecule has 1 fully saturated rings. The monoisotopic (exact) mass is 288 g/mol. The molecule has 2 heterocycles. The minimum absolute atomic E-state index is 0. The molecule has 0 radical (unpaired) electrons. The summed E-state index contributed by atoms with van der Waals surface area (Å²) >= 11 is 1.65. The second kappa shape index (κ2) is 6.04. The number of halogens is 1. The summed E-state index contributed by atoms with van der Waals surface area (Å²) in [6.07, 6.45) is 1.04. The standard InChI is InChI=1S/C13H20N2OS.ClH/c1-13(2,11-4-3-7-17-11)12(16)15-6-5-10(8-14)9-15;/h3-4,7,10H,5-6,8-9,14H2,1-2H3;1H. The van der Waals surface area contributed by atoms with Crippen LogP contribution in [0.25, 0.3) is 0 Å². The van der Waals surface area contributed by atoms with Crippen molar-refractivity contribution in [2.24, 2.45) is 11.7 Å². The van der Waals surface area contributed by atoms with Gasteiger partial charge in [0.2, 0.25) is 5.91 Å². The highest BCUT2D eigenvalue weighted by atomic mass is 35.5. The lowest BCUT2D eigenvalue weighted by Gasteiger charge is -2.28. The Morgan fingerprint density at radius 1 is 1.61 bits per heavy atom. The van der Waals surface area contributed by atoms with E-state index in [1.807, 2.05) is 36.3 Å². The maximum absolute atomic E-state index is 12.5. The Kier molecular flexibility index (Phi) is 5.20. The second-order valence-electron chi connectivity index (χ2n) is 5.24. The van der Waals surface area contributed by atoms with Crippen LogP contribution in [-0.2, 0) is 10.2 Å². The first-order valence-corrected chi connectivity index (χ1v) is 6.97. The molecule has 1 aliphatic rings. The number of hydrogen-bond donors (Lipinski definition) is 1. The predicted octanol–water partition coefficient (Wildman–Crippen LogP) is 2.25. The van der Waals surface area contributed by atoms with Crippen LogP contribution in [0.15, 0.2) is 17.5 Å². The first-order chi connectivity index (χ1) is 8.05. The maximum atomic E-state index is 12.5. The molecule has 102 valence electrons. The molecule has 1 aromatic heterocycles. The zero-order valence-corrected chi connectivity index (χ0v) is 12.5. The van der Waals surface area contributed by atoms with Crippen molar-refractivity contribution in [1.29, 1.82) is 0 Å². The molecule has 1 aliphatic heterocycles. The smallest absolute Gasteiger partial charge is 0.233 e. The van der Waals surface area contributed by atoms with Crippen LogP contribution in [-0.4, -0.2) is 30.4 Å². The topological polar surface area (TPSA) is 46.3 Å². The number of likely N-dealkylation sites (tertiary alicyclic amines) is 1. The van der Waals surface area contributed by atoms with Gasteiger partial charge in [0.15, 0.2) is 0 Å². The molecular formula is C13H21ClN2OS. The van der Waals surface area contributed by atoms with Crippen LogP contribution in [0.5, 0.6) is 0 Å². The van der Waals surface area contributed by atoms with E-state index >= 15 is 0 Å². The molecule has 0 spiro atoms. The molecule has 2 N–H and O–H groups in total. The predicted molar refractivity (Wildman–Crippen MR) is 78.3 cm³/mol. The summed E-state index contributed by atoms with van der Waals surface area (Å²) in [6.45, 7) is 6.39. The molecule has 1 amide bonds. The minimum atomic E-state index is -0.405. The van der Waals surface area contributed by atoms with Crippen molar-refractivity contribution in [2.45, 2.75) is 25.7 Å². The van der Waals surface area contributed by atoms with Gasteiger partial charge in [0, 0.05) is 18.0 Å². The molecule has 1 saturated heterocycles. The van der Waals surface area contributed by atoms with Crippen LogP contribution in [0.4, 0.5) is 0 Å². The van der Waals surface area contributed by atoms with E-state index < -0.39 is 5.41 Å². The van der Waals surface area contributed by atoms with Gasteiger partial charge in [-0.05, 0) is 44.2 Å². The molecule has 2 rings (SSSR count). The highest BCUT2D eigenvalue weighted by Crippen LogP contribution is 2.31. The summed E-state index contributed by atoms with van der Waals surface area (Å²) in [5.41, 5.74) is 5.26. The summed E-state index contributed by atoms with van der Waals surface area (Å²) in [7, 11) is 0. The Hall–Kier alpha value is -0.580. The number of amides is 1. The highest BCUT2D eigenvalue weighted by Gasteiger charge is 2.37. The van der Waals surface area contributed by atoms with E-state index in [1.54, 1.807) is 11.3 Å². The Morgan fingerprint density at radius 3 is 2.83 bits per heavy atom. The third-order valence-corrected chi connectivity index (χ3v) is 4.77. The molecule has 3 nitrogen and oxygen atoms in total. The van der Waals surface area contributed by atoms with Gasteiger partial charge in [-0.3, -0.25) is 4.79 Å². The maximum Gasteiger partial charge on any atom is 0.233 e. The van der Waals surface area contributed by atoms with Crippen LogP contribution < -0.4 is 5.73 Å². The van der Waals surface area contributed by atoms with Crippen molar-refractivity contribution in [3.63, 3.8) is 0 Å². The first kappa shape index (κ1) is 15.5. The molecule has 5 heteroatoms. The number of nitrogens with two attached hydrogens (primary N) is 1. The normalized spacial score (nSPS) is 19.7. The number of rotatable bonds is 3. The van der Waals surface area contributed by atoms with Gasteiger partial charge in [0.05, 0.1) is 5.41 Å². The van der Waals surface area contributed by atoms with Gasteiger partial charge in [-0.15, -0.1) is 23.7 Å². The summed E-state index contributed by atoms with van der Waals surface area (Å²) in [5, 5.41) is 2.02. The fourth-order valence-corrected chi connectivity index (χ4v) is 3.19. The van der Waals surface area contributed by atoms with E-state index in [1.165, 1.54) is 0 Å². The number of carbonyl (C=O) groups excluding carboxylic acids is 1. The summed E-state index contributed by atoms with van der Waals surface area (Å²) in [4.78, 5) is 15.6. The van der Waals surface area contributed by atoms with E-state index in [2.05, 4.69) is 0 Å². The average molecular weight is 289 g/mol. The van der Waals surface area contributed by atoms with Gasteiger partial charge >= 0.3 is 0 Å². The van der Waals surface area contributed by atoms with Crippen LogP contribution in [0.2, 0.25) is 0 Å². The third-order valence-electron chi connectivity index (χ3n) is 3.58. The molecule has 18 heavy (non-hydrogen) atoms. The highest BCUT2D eigenvalue weighted by molar-refractivity contribution is 7.10. The van der Waals surface area contributed by atoms with Crippen LogP contribution in [0.1, 0.15) is 25.1 Å². The van der Waals surface area contributed by atoms with Gasteiger partial charge in [-0.2, -0.15) is 0 Å². The Labute approximate surface area is 119 Å². The van der Waals surface area contributed by atoms with Crippen LogP contribution in [0, 0.1) is 5.92 Å². The molecule has 0 bridgehead atoms. The van der Waals surface area contributed by atoms with Gasteiger partial charge in [-0.25, -0.2) is 0 Å². The van der Waals surface area contributed by atoms with Crippen molar-refractivity contribution in [2.75, 3.05) is 19.6 Å². The van der Waals surface area contributed by atoms with E-state index in [-0.39, 0.29) is 18.3 Å². The lowest BCUT2D eigenvalue weighted by Crippen LogP contribution is -2.42. The summed E-state index contributed by atoms with van der Waals surface area (Å²) in [5.74, 6) is 0.717. The molecule has 1 aromatic rings. The number of hydrogen-bond acceptors (Lipinski definition) is 3.